The molecular formula is C19H20FNO3. The van der Waals surface area contributed by atoms with E-state index in [2.05, 4.69) is 5.32 Å². The second-order valence-electron chi connectivity index (χ2n) is 5.73. The van der Waals surface area contributed by atoms with E-state index >= 15 is 0 Å². The Balaban J connectivity index is 2.12. The van der Waals surface area contributed by atoms with Crippen LogP contribution in [0.3, 0.4) is 0 Å². The van der Waals surface area contributed by atoms with Gasteiger partial charge < -0.3 is 10.4 Å². The van der Waals surface area contributed by atoms with Gasteiger partial charge in [0, 0.05) is 12.5 Å². The Morgan fingerprint density at radius 3 is 2.50 bits per heavy atom. The van der Waals surface area contributed by atoms with Crippen molar-refractivity contribution in [3.05, 3.63) is 71.0 Å². The van der Waals surface area contributed by atoms with E-state index in [0.717, 1.165) is 5.56 Å². The first-order valence-electron chi connectivity index (χ1n) is 7.79. The smallest absolute Gasteiger partial charge is 0.303 e. The average molecular weight is 329 g/mol. The third-order valence-electron chi connectivity index (χ3n) is 3.80. The van der Waals surface area contributed by atoms with E-state index in [0.29, 0.717) is 12.0 Å². The number of nitrogens with one attached hydrogen (secondary N) is 1. The molecule has 4 nitrogen and oxygen atoms in total. The van der Waals surface area contributed by atoms with Gasteiger partial charge in [0.1, 0.15) is 5.82 Å². The van der Waals surface area contributed by atoms with Gasteiger partial charge in [0.2, 0.25) is 0 Å². The van der Waals surface area contributed by atoms with Crippen LogP contribution in [-0.2, 0) is 11.2 Å². The lowest BCUT2D eigenvalue weighted by Crippen LogP contribution is -2.37. The second kappa shape index (κ2) is 8.24. The number of carboxylic acid groups (broad SMARTS) is 1. The topological polar surface area (TPSA) is 66.4 Å². The van der Waals surface area contributed by atoms with Gasteiger partial charge in [0.25, 0.3) is 5.91 Å². The number of aryl methyl sites for hydroxylation is 1. The van der Waals surface area contributed by atoms with Gasteiger partial charge in [-0.15, -0.1) is 0 Å². The van der Waals surface area contributed by atoms with Crippen molar-refractivity contribution in [2.24, 2.45) is 0 Å². The van der Waals surface area contributed by atoms with Crippen molar-refractivity contribution in [1.29, 1.82) is 0 Å². The average Bonchev–Trinajstić information content (AvgIpc) is 2.56. The first-order valence-corrected chi connectivity index (χ1v) is 7.79. The molecule has 0 saturated carbocycles. The largest absolute Gasteiger partial charge is 0.481 e. The van der Waals surface area contributed by atoms with Crippen LogP contribution in [0.4, 0.5) is 4.39 Å². The Hall–Kier alpha value is -2.69. The summed E-state index contributed by atoms with van der Waals surface area (Å²) in [5.74, 6) is -2.00. The maximum atomic E-state index is 14.1. The van der Waals surface area contributed by atoms with Gasteiger partial charge in [-0.05, 0) is 37.0 Å². The Morgan fingerprint density at radius 1 is 1.12 bits per heavy atom. The number of carboxylic acids is 1. The molecule has 126 valence electrons. The number of rotatable bonds is 7. The highest BCUT2D eigenvalue weighted by Gasteiger charge is 2.18. The number of amides is 1. The van der Waals surface area contributed by atoms with Crippen LogP contribution in [0.25, 0.3) is 0 Å². The van der Waals surface area contributed by atoms with Crippen LogP contribution in [0.1, 0.15) is 34.3 Å². The molecule has 2 rings (SSSR count). The molecule has 0 heterocycles. The fourth-order valence-electron chi connectivity index (χ4n) is 2.51. The predicted molar refractivity (Wildman–Crippen MR) is 89.4 cm³/mol. The van der Waals surface area contributed by atoms with Gasteiger partial charge in [0.15, 0.2) is 0 Å². The molecule has 1 atom stereocenters. The van der Waals surface area contributed by atoms with E-state index < -0.39 is 17.7 Å². The summed E-state index contributed by atoms with van der Waals surface area (Å²) in [6.07, 6.45) is 0.713. The van der Waals surface area contributed by atoms with E-state index in [4.69, 9.17) is 5.11 Å². The molecule has 0 aliphatic carbocycles. The Morgan fingerprint density at radius 2 is 1.83 bits per heavy atom. The zero-order chi connectivity index (χ0) is 17.5. The molecule has 0 aliphatic heterocycles. The number of hydrogen-bond acceptors (Lipinski definition) is 2. The minimum atomic E-state index is -0.927. The number of carbonyl (C=O) groups excluding carboxylic acids is 1. The molecule has 5 heteroatoms. The van der Waals surface area contributed by atoms with E-state index in [1.807, 2.05) is 30.3 Å². The van der Waals surface area contributed by atoms with E-state index in [-0.39, 0.29) is 24.4 Å². The van der Waals surface area contributed by atoms with Crippen molar-refractivity contribution in [2.45, 2.75) is 32.2 Å². The van der Waals surface area contributed by atoms with Crippen molar-refractivity contribution in [3.63, 3.8) is 0 Å². The molecule has 0 aromatic heterocycles. The summed E-state index contributed by atoms with van der Waals surface area (Å²) in [6, 6.07) is 13.7. The van der Waals surface area contributed by atoms with Crippen molar-refractivity contribution < 1.29 is 19.1 Å². The zero-order valence-electron chi connectivity index (χ0n) is 13.5. The molecule has 0 aliphatic rings. The lowest BCUT2D eigenvalue weighted by Gasteiger charge is -2.19. The van der Waals surface area contributed by atoms with Gasteiger partial charge in [0.05, 0.1) is 5.56 Å². The Kier molecular flexibility index (Phi) is 6.07. The van der Waals surface area contributed by atoms with Gasteiger partial charge in [-0.1, -0.05) is 42.5 Å². The van der Waals surface area contributed by atoms with E-state index in [1.54, 1.807) is 19.1 Å². The van der Waals surface area contributed by atoms with Crippen LogP contribution in [-0.4, -0.2) is 23.0 Å². The lowest BCUT2D eigenvalue weighted by atomic mass is 10.0. The summed E-state index contributed by atoms with van der Waals surface area (Å²) in [5.41, 5.74) is 1.36. The van der Waals surface area contributed by atoms with Gasteiger partial charge in [-0.25, -0.2) is 4.39 Å². The van der Waals surface area contributed by atoms with Crippen molar-refractivity contribution >= 4 is 11.9 Å². The first kappa shape index (κ1) is 17.7. The van der Waals surface area contributed by atoms with Gasteiger partial charge in [-0.3, -0.25) is 9.59 Å². The molecule has 2 aromatic rings. The normalized spacial score (nSPS) is 11.8. The molecular weight excluding hydrogens is 309 g/mol. The number of benzene rings is 2. The van der Waals surface area contributed by atoms with Gasteiger partial charge >= 0.3 is 5.97 Å². The highest BCUT2D eigenvalue weighted by molar-refractivity contribution is 5.94. The highest BCUT2D eigenvalue weighted by Crippen LogP contribution is 2.14. The lowest BCUT2D eigenvalue weighted by molar-refractivity contribution is -0.137. The maximum absolute atomic E-state index is 14.1. The zero-order valence-corrected chi connectivity index (χ0v) is 13.5. The van der Waals surface area contributed by atoms with E-state index in [1.165, 1.54) is 6.07 Å². The predicted octanol–water partition coefficient (Wildman–Crippen LogP) is 3.34. The molecule has 0 fully saturated rings. The van der Waals surface area contributed by atoms with Gasteiger partial charge in [-0.2, -0.15) is 0 Å². The van der Waals surface area contributed by atoms with Crippen molar-refractivity contribution in [3.8, 4) is 0 Å². The fraction of sp³-hybridized carbons (Fsp3) is 0.263. The summed E-state index contributed by atoms with van der Waals surface area (Å²) in [6.45, 7) is 1.60. The molecule has 1 amide bonds. The highest BCUT2D eigenvalue weighted by atomic mass is 19.1. The summed E-state index contributed by atoms with van der Waals surface area (Å²) in [7, 11) is 0. The molecule has 0 radical (unpaired) electrons. The van der Waals surface area contributed by atoms with Crippen molar-refractivity contribution in [1.82, 2.24) is 5.32 Å². The molecule has 1 unspecified atom stereocenters. The molecule has 0 spiro atoms. The second-order valence-corrected chi connectivity index (χ2v) is 5.73. The van der Waals surface area contributed by atoms with Crippen LogP contribution < -0.4 is 5.32 Å². The molecule has 0 bridgehead atoms. The van der Waals surface area contributed by atoms with E-state index in [9.17, 15) is 14.0 Å². The minimum Gasteiger partial charge on any atom is -0.481 e. The number of carbonyl (C=O) groups is 2. The standard InChI is InChI=1S/C19H20FNO3/c1-13-6-5-9-16(18(13)20)19(24)21-15(10-11-17(22)23)12-14-7-3-2-4-8-14/h2-9,15H,10-12H2,1H3,(H,21,24)(H,22,23). The Bertz CT molecular complexity index is 716. The summed E-state index contributed by atoms with van der Waals surface area (Å²) < 4.78 is 14.1. The summed E-state index contributed by atoms with van der Waals surface area (Å²) in [5, 5.41) is 11.7. The van der Waals surface area contributed by atoms with Crippen LogP contribution in [0, 0.1) is 12.7 Å². The third-order valence-corrected chi connectivity index (χ3v) is 3.80. The number of halogens is 1. The molecule has 2 N–H and O–H groups in total. The molecule has 24 heavy (non-hydrogen) atoms. The molecule has 2 aromatic carbocycles. The molecule has 0 saturated heterocycles. The number of aliphatic carboxylic acids is 1. The Labute approximate surface area is 140 Å². The quantitative estimate of drug-likeness (QED) is 0.819. The fourth-order valence-corrected chi connectivity index (χ4v) is 2.51. The monoisotopic (exact) mass is 329 g/mol. The third kappa shape index (κ3) is 4.91. The van der Waals surface area contributed by atoms with Crippen molar-refractivity contribution in [2.75, 3.05) is 0 Å². The first-order chi connectivity index (χ1) is 11.5. The maximum Gasteiger partial charge on any atom is 0.303 e. The summed E-state index contributed by atoms with van der Waals surface area (Å²) >= 11 is 0. The SMILES string of the molecule is Cc1cccc(C(=O)NC(CCC(=O)O)Cc2ccccc2)c1F. The number of hydrogen-bond donors (Lipinski definition) is 2. The summed E-state index contributed by atoms with van der Waals surface area (Å²) in [4.78, 5) is 23.2. The van der Waals surface area contributed by atoms with Crippen LogP contribution >= 0.6 is 0 Å². The van der Waals surface area contributed by atoms with Crippen LogP contribution in [0.5, 0.6) is 0 Å². The van der Waals surface area contributed by atoms with Crippen LogP contribution in [0.15, 0.2) is 48.5 Å². The van der Waals surface area contributed by atoms with Crippen LogP contribution in [0.2, 0.25) is 0 Å². The minimum absolute atomic E-state index is 0.0246.